The molecule has 1 saturated carbocycles. The Morgan fingerprint density at radius 3 is 2.05 bits per heavy atom. The van der Waals surface area contributed by atoms with Crippen molar-refractivity contribution in [1.82, 2.24) is 0 Å². The fourth-order valence-electron chi connectivity index (χ4n) is 3.58. The molecular formula is C16H32Cl2P2. The van der Waals surface area contributed by atoms with Crippen molar-refractivity contribution in [3.63, 3.8) is 0 Å². The van der Waals surface area contributed by atoms with Crippen molar-refractivity contribution in [3.05, 3.63) is 0 Å². The van der Waals surface area contributed by atoms with Crippen molar-refractivity contribution < 1.29 is 0 Å². The van der Waals surface area contributed by atoms with E-state index in [4.69, 9.17) is 23.2 Å². The maximum absolute atomic E-state index is 7.13. The molecule has 0 spiro atoms. The molecule has 1 aliphatic carbocycles. The van der Waals surface area contributed by atoms with Crippen LogP contribution in [-0.4, -0.2) is 27.0 Å². The van der Waals surface area contributed by atoms with E-state index in [2.05, 4.69) is 41.5 Å². The Hall–Kier alpha value is 1.44. The third-order valence-corrected chi connectivity index (χ3v) is 9.71. The Morgan fingerprint density at radius 1 is 1.10 bits per heavy atom. The van der Waals surface area contributed by atoms with Gasteiger partial charge in [0.1, 0.15) is 0 Å². The highest BCUT2D eigenvalue weighted by Gasteiger charge is 2.51. The van der Waals surface area contributed by atoms with Crippen LogP contribution >= 0.6 is 40.4 Å². The molecule has 0 aliphatic heterocycles. The summed E-state index contributed by atoms with van der Waals surface area (Å²) in [7, 11) is 1.71. The summed E-state index contributed by atoms with van der Waals surface area (Å²) in [6, 6.07) is 0. The van der Waals surface area contributed by atoms with Gasteiger partial charge in [-0.3, -0.25) is 0 Å². The lowest BCUT2D eigenvalue weighted by Crippen LogP contribution is -2.49. The molecule has 120 valence electrons. The molecule has 5 atom stereocenters. The van der Waals surface area contributed by atoms with Crippen molar-refractivity contribution in [1.29, 1.82) is 0 Å². The van der Waals surface area contributed by atoms with E-state index in [1.165, 1.54) is 19.3 Å². The Kier molecular flexibility index (Phi) is 7.61. The maximum Gasteiger partial charge on any atom is 0.0788 e. The number of hydrogen-bond acceptors (Lipinski definition) is 0. The molecule has 0 saturated heterocycles. The Balaban J connectivity index is 3.03. The van der Waals surface area contributed by atoms with Crippen LogP contribution in [0.3, 0.4) is 0 Å². The summed E-state index contributed by atoms with van der Waals surface area (Å²) in [5.41, 5.74) is 2.39. The predicted molar refractivity (Wildman–Crippen MR) is 101 cm³/mol. The first-order chi connectivity index (χ1) is 9.18. The lowest BCUT2D eigenvalue weighted by molar-refractivity contribution is 0.172. The largest absolute Gasteiger partial charge is 0.120 e. The Bertz CT molecular complexity index is 303. The summed E-state index contributed by atoms with van der Waals surface area (Å²) in [6.07, 6.45) is 4.87. The van der Waals surface area contributed by atoms with Gasteiger partial charge in [-0.15, -0.1) is 31.8 Å². The summed E-state index contributed by atoms with van der Waals surface area (Å²) >= 11 is 14.0. The van der Waals surface area contributed by atoms with Gasteiger partial charge in [0, 0.05) is 0 Å². The first-order valence-electron chi connectivity index (χ1n) is 8.04. The molecule has 0 aromatic rings. The van der Waals surface area contributed by atoms with Gasteiger partial charge in [0.15, 0.2) is 0 Å². The normalized spacial score (nSPS) is 35.1. The second-order valence-electron chi connectivity index (χ2n) is 7.08. The minimum absolute atomic E-state index is 0.150. The lowest BCUT2D eigenvalue weighted by atomic mass is 9.69. The molecule has 0 heterocycles. The summed E-state index contributed by atoms with van der Waals surface area (Å²) in [4.78, 5) is 0. The van der Waals surface area contributed by atoms with Crippen LogP contribution < -0.4 is 0 Å². The quantitative estimate of drug-likeness (QED) is 0.368. The molecule has 0 amide bonds. The molecule has 0 aromatic heterocycles. The van der Waals surface area contributed by atoms with Crippen molar-refractivity contribution in [3.8, 4) is 0 Å². The average Bonchev–Trinajstić information content (AvgIpc) is 2.33. The highest BCUT2D eigenvalue weighted by atomic mass is 35.5. The van der Waals surface area contributed by atoms with Gasteiger partial charge in [0.2, 0.25) is 0 Å². The summed E-state index contributed by atoms with van der Waals surface area (Å²) < 4.78 is -0.174. The molecule has 0 radical (unpaired) electrons. The first-order valence-corrected chi connectivity index (χ1v) is 11.1. The monoisotopic (exact) mass is 356 g/mol. The van der Waals surface area contributed by atoms with E-state index in [0.29, 0.717) is 16.7 Å². The number of halogens is 2. The molecule has 0 nitrogen and oxygen atoms in total. The van der Waals surface area contributed by atoms with Crippen LogP contribution in [0.1, 0.15) is 67.2 Å². The third kappa shape index (κ3) is 4.72. The fourth-order valence-corrected chi connectivity index (χ4v) is 9.17. The van der Waals surface area contributed by atoms with E-state index in [0.717, 1.165) is 29.2 Å². The molecule has 5 unspecified atom stereocenters. The van der Waals surface area contributed by atoms with Crippen LogP contribution in [0.15, 0.2) is 0 Å². The van der Waals surface area contributed by atoms with Crippen LogP contribution in [0, 0.1) is 5.41 Å². The van der Waals surface area contributed by atoms with Crippen LogP contribution in [-0.2, 0) is 0 Å². The Morgan fingerprint density at radius 2 is 1.65 bits per heavy atom. The summed E-state index contributed by atoms with van der Waals surface area (Å²) in [5.74, 6) is 0. The molecule has 20 heavy (non-hydrogen) atoms. The summed E-state index contributed by atoms with van der Waals surface area (Å²) in [6.45, 7) is 13.9. The predicted octanol–water partition coefficient (Wildman–Crippen LogP) is 6.67. The average molecular weight is 357 g/mol. The van der Waals surface area contributed by atoms with E-state index in [1.54, 1.807) is 0 Å². The van der Waals surface area contributed by atoms with E-state index < -0.39 is 0 Å². The van der Waals surface area contributed by atoms with E-state index in [1.807, 2.05) is 0 Å². The van der Waals surface area contributed by atoms with Gasteiger partial charge in [-0.05, 0) is 35.2 Å². The Labute approximate surface area is 140 Å². The highest BCUT2D eigenvalue weighted by Crippen LogP contribution is 2.61. The van der Waals surface area contributed by atoms with Crippen LogP contribution in [0.4, 0.5) is 0 Å². The minimum Gasteiger partial charge on any atom is -0.120 e. The van der Waals surface area contributed by atoms with Crippen molar-refractivity contribution in [2.75, 3.05) is 0 Å². The standard InChI is InChI=1S/C16H32Cl2P2/c1-7-15(8-2)9-13(19-11(3)4)14(17)16(18,10-15)20-12(5)6/h11-14,19-20H,7-10H2,1-6H3. The highest BCUT2D eigenvalue weighted by molar-refractivity contribution is 7.44. The first kappa shape index (κ1) is 19.5. The second-order valence-corrected chi connectivity index (χ2v) is 13.1. The van der Waals surface area contributed by atoms with Crippen molar-refractivity contribution in [2.24, 2.45) is 5.41 Å². The molecule has 1 aliphatic rings. The zero-order valence-corrected chi connectivity index (χ0v) is 17.4. The molecule has 0 N–H and O–H groups in total. The molecule has 0 aromatic carbocycles. The van der Waals surface area contributed by atoms with Gasteiger partial charge in [-0.25, -0.2) is 0 Å². The molecule has 0 bridgehead atoms. The topological polar surface area (TPSA) is 0 Å². The third-order valence-electron chi connectivity index (χ3n) is 4.65. The van der Waals surface area contributed by atoms with Gasteiger partial charge in [0.05, 0.1) is 9.99 Å². The number of hydrogen-bond donors (Lipinski definition) is 0. The smallest absolute Gasteiger partial charge is 0.0788 e. The van der Waals surface area contributed by atoms with Gasteiger partial charge < -0.3 is 0 Å². The van der Waals surface area contributed by atoms with E-state index >= 15 is 0 Å². The maximum atomic E-state index is 7.13. The van der Waals surface area contributed by atoms with Crippen molar-refractivity contribution >= 4 is 40.4 Å². The van der Waals surface area contributed by atoms with Gasteiger partial charge in [-0.2, -0.15) is 0 Å². The van der Waals surface area contributed by atoms with Crippen LogP contribution in [0.5, 0.6) is 0 Å². The molecule has 4 heteroatoms. The number of rotatable bonds is 6. The van der Waals surface area contributed by atoms with Crippen LogP contribution in [0.25, 0.3) is 0 Å². The fraction of sp³-hybridized carbons (Fsp3) is 1.00. The van der Waals surface area contributed by atoms with Gasteiger partial charge >= 0.3 is 0 Å². The zero-order valence-electron chi connectivity index (χ0n) is 13.9. The lowest BCUT2D eigenvalue weighted by Gasteiger charge is -2.52. The second kappa shape index (κ2) is 7.81. The molecule has 1 rings (SSSR count). The van der Waals surface area contributed by atoms with E-state index in [-0.39, 0.29) is 9.99 Å². The van der Waals surface area contributed by atoms with Crippen molar-refractivity contribution in [2.45, 2.75) is 94.2 Å². The zero-order chi connectivity index (χ0) is 15.6. The number of alkyl halides is 2. The van der Waals surface area contributed by atoms with Gasteiger partial charge in [-0.1, -0.05) is 63.0 Å². The van der Waals surface area contributed by atoms with Crippen LogP contribution in [0.2, 0.25) is 0 Å². The molecular weight excluding hydrogens is 325 g/mol. The van der Waals surface area contributed by atoms with E-state index in [9.17, 15) is 0 Å². The SMILES string of the molecule is CCC1(CC)CC(PC(C)C)C(Cl)C(Cl)(PC(C)C)C1. The summed E-state index contributed by atoms with van der Waals surface area (Å²) in [5, 5.41) is 0.150. The minimum atomic E-state index is -0.174. The molecule has 1 fully saturated rings. The van der Waals surface area contributed by atoms with Gasteiger partial charge in [0.25, 0.3) is 0 Å².